The molecule has 1 aromatic heterocycles. The smallest absolute Gasteiger partial charge is 0.167 e. The van der Waals surface area contributed by atoms with E-state index in [0.717, 1.165) is 10.2 Å². The second kappa shape index (κ2) is 6.73. The highest BCUT2D eigenvalue weighted by atomic mass is 79.9. The predicted molar refractivity (Wildman–Crippen MR) is 83.8 cm³/mol. The van der Waals surface area contributed by atoms with E-state index in [1.807, 2.05) is 24.3 Å². The van der Waals surface area contributed by atoms with Crippen LogP contribution in [0.2, 0.25) is 0 Å². The van der Waals surface area contributed by atoms with Crippen LogP contribution in [0, 0.1) is 0 Å². The molecule has 0 bridgehead atoms. The number of furan rings is 1. The van der Waals surface area contributed by atoms with E-state index in [-0.39, 0.29) is 6.04 Å². The summed E-state index contributed by atoms with van der Waals surface area (Å²) in [4.78, 5) is 0. The van der Waals surface area contributed by atoms with Crippen molar-refractivity contribution in [2.24, 2.45) is 0 Å². The van der Waals surface area contributed by atoms with Gasteiger partial charge in [0.15, 0.2) is 5.11 Å². The number of thiocarbonyl (C=S) groups is 1. The van der Waals surface area contributed by atoms with Crippen molar-refractivity contribution >= 4 is 33.3 Å². The lowest BCUT2D eigenvalue weighted by molar-refractivity contribution is 0.501. The molecular weight excluding hydrogens is 324 g/mol. The van der Waals surface area contributed by atoms with Crippen LogP contribution in [0.15, 0.2) is 51.6 Å². The summed E-state index contributed by atoms with van der Waals surface area (Å²) in [5.74, 6) is 0.862. The number of nitrogens with one attached hydrogen (secondary N) is 2. The lowest BCUT2D eigenvalue weighted by atomic mass is 10.1. The third-order valence-corrected chi connectivity index (χ3v) is 3.51. The third kappa shape index (κ3) is 4.36. The molecule has 2 N–H and O–H groups in total. The fourth-order valence-electron chi connectivity index (χ4n) is 1.66. The van der Waals surface area contributed by atoms with Crippen molar-refractivity contribution in [2.45, 2.75) is 19.5 Å². The van der Waals surface area contributed by atoms with E-state index in [4.69, 9.17) is 16.6 Å². The van der Waals surface area contributed by atoms with Crippen LogP contribution in [0.25, 0.3) is 0 Å². The van der Waals surface area contributed by atoms with Crippen molar-refractivity contribution in [1.82, 2.24) is 10.6 Å². The molecule has 0 amide bonds. The molecule has 0 aliphatic rings. The Morgan fingerprint density at radius 3 is 2.68 bits per heavy atom. The first kappa shape index (κ1) is 14.1. The van der Waals surface area contributed by atoms with Crippen LogP contribution >= 0.6 is 28.1 Å². The van der Waals surface area contributed by atoms with E-state index < -0.39 is 0 Å². The van der Waals surface area contributed by atoms with Crippen molar-refractivity contribution in [3.05, 3.63) is 58.5 Å². The van der Waals surface area contributed by atoms with Crippen molar-refractivity contribution in [1.29, 1.82) is 0 Å². The predicted octanol–water partition coefficient (Wildman–Crippen LogP) is 3.77. The molecule has 19 heavy (non-hydrogen) atoms. The van der Waals surface area contributed by atoms with Gasteiger partial charge in [-0.05, 0) is 49.0 Å². The zero-order chi connectivity index (χ0) is 13.7. The zero-order valence-electron chi connectivity index (χ0n) is 10.5. The number of rotatable bonds is 4. The van der Waals surface area contributed by atoms with Crippen molar-refractivity contribution in [3.63, 3.8) is 0 Å². The number of halogens is 1. The summed E-state index contributed by atoms with van der Waals surface area (Å²) in [6.45, 7) is 2.66. The van der Waals surface area contributed by atoms with E-state index in [1.165, 1.54) is 5.56 Å². The molecule has 5 heteroatoms. The molecule has 0 spiro atoms. The first-order valence-electron chi connectivity index (χ1n) is 5.97. The molecule has 1 aromatic carbocycles. The van der Waals surface area contributed by atoms with Gasteiger partial charge in [0.1, 0.15) is 5.76 Å². The minimum atomic E-state index is 0.157. The molecule has 100 valence electrons. The van der Waals surface area contributed by atoms with E-state index >= 15 is 0 Å². The van der Waals surface area contributed by atoms with E-state index in [0.29, 0.717) is 11.7 Å². The van der Waals surface area contributed by atoms with Crippen LogP contribution in [-0.4, -0.2) is 5.11 Å². The Bertz CT molecular complexity index is 525. The summed E-state index contributed by atoms with van der Waals surface area (Å²) >= 11 is 8.68. The molecule has 1 heterocycles. The van der Waals surface area contributed by atoms with Gasteiger partial charge >= 0.3 is 0 Å². The van der Waals surface area contributed by atoms with E-state index in [9.17, 15) is 0 Å². The molecule has 0 saturated carbocycles. The fourth-order valence-corrected chi connectivity index (χ4v) is 2.18. The number of hydrogen-bond acceptors (Lipinski definition) is 2. The van der Waals surface area contributed by atoms with Gasteiger partial charge in [-0.1, -0.05) is 28.1 Å². The first-order valence-corrected chi connectivity index (χ1v) is 7.17. The molecule has 0 saturated heterocycles. The molecule has 0 aliphatic carbocycles. The molecule has 2 rings (SSSR count). The van der Waals surface area contributed by atoms with Crippen LogP contribution in [-0.2, 0) is 6.54 Å². The Morgan fingerprint density at radius 2 is 2.05 bits per heavy atom. The van der Waals surface area contributed by atoms with E-state index in [2.05, 4.69) is 45.6 Å². The van der Waals surface area contributed by atoms with Crippen molar-refractivity contribution in [3.8, 4) is 0 Å². The molecule has 0 fully saturated rings. The Hall–Kier alpha value is -1.33. The Morgan fingerprint density at radius 1 is 1.32 bits per heavy atom. The molecule has 1 atom stereocenters. The van der Waals surface area contributed by atoms with Gasteiger partial charge in [0, 0.05) is 4.47 Å². The van der Waals surface area contributed by atoms with Crippen LogP contribution in [0.5, 0.6) is 0 Å². The fraction of sp³-hybridized carbons (Fsp3) is 0.214. The average molecular weight is 339 g/mol. The highest BCUT2D eigenvalue weighted by Gasteiger charge is 2.06. The summed E-state index contributed by atoms with van der Waals surface area (Å²) in [7, 11) is 0. The van der Waals surface area contributed by atoms with Crippen LogP contribution < -0.4 is 10.6 Å². The van der Waals surface area contributed by atoms with Gasteiger partial charge in [-0.3, -0.25) is 0 Å². The quantitative estimate of drug-likeness (QED) is 0.832. The molecule has 0 aliphatic heterocycles. The van der Waals surface area contributed by atoms with Crippen LogP contribution in [0.4, 0.5) is 0 Å². The number of benzene rings is 1. The van der Waals surface area contributed by atoms with Gasteiger partial charge in [-0.2, -0.15) is 0 Å². The van der Waals surface area contributed by atoms with Crippen molar-refractivity contribution in [2.75, 3.05) is 0 Å². The van der Waals surface area contributed by atoms with Gasteiger partial charge in [0.25, 0.3) is 0 Å². The minimum Gasteiger partial charge on any atom is -0.467 e. The second-order valence-corrected chi connectivity index (χ2v) is 5.50. The zero-order valence-corrected chi connectivity index (χ0v) is 12.9. The van der Waals surface area contributed by atoms with Gasteiger partial charge in [-0.25, -0.2) is 0 Å². The lowest BCUT2D eigenvalue weighted by Crippen LogP contribution is -2.36. The maximum atomic E-state index is 5.26. The third-order valence-electron chi connectivity index (χ3n) is 2.72. The highest BCUT2D eigenvalue weighted by Crippen LogP contribution is 2.16. The largest absolute Gasteiger partial charge is 0.467 e. The summed E-state index contributed by atoms with van der Waals surface area (Å²) in [6.07, 6.45) is 1.65. The van der Waals surface area contributed by atoms with Gasteiger partial charge in [0.05, 0.1) is 18.8 Å². The Kier molecular flexibility index (Phi) is 4.99. The molecule has 0 radical (unpaired) electrons. The van der Waals surface area contributed by atoms with Gasteiger partial charge < -0.3 is 15.1 Å². The summed E-state index contributed by atoms with van der Waals surface area (Å²) in [5.41, 5.74) is 1.19. The van der Waals surface area contributed by atoms with Crippen molar-refractivity contribution < 1.29 is 4.42 Å². The van der Waals surface area contributed by atoms with Gasteiger partial charge in [0.2, 0.25) is 0 Å². The normalized spacial score (nSPS) is 11.9. The SMILES string of the molecule is C[C@@H](NC(=S)NCc1ccco1)c1ccc(Br)cc1. The van der Waals surface area contributed by atoms with Gasteiger partial charge in [-0.15, -0.1) is 0 Å². The second-order valence-electron chi connectivity index (χ2n) is 4.18. The standard InChI is InChI=1S/C14H15BrN2OS/c1-10(11-4-6-12(15)7-5-11)17-14(19)16-9-13-3-2-8-18-13/h2-8,10H,9H2,1H3,(H2,16,17,19)/t10-/m1/s1. The van der Waals surface area contributed by atoms with E-state index in [1.54, 1.807) is 6.26 Å². The van der Waals surface area contributed by atoms with Crippen LogP contribution in [0.1, 0.15) is 24.3 Å². The first-order chi connectivity index (χ1) is 9.15. The summed E-state index contributed by atoms with van der Waals surface area (Å²) in [6, 6.07) is 12.1. The molecule has 3 nitrogen and oxygen atoms in total. The Balaban J connectivity index is 1.83. The molecule has 0 unspecified atom stereocenters. The minimum absolute atomic E-state index is 0.157. The lowest BCUT2D eigenvalue weighted by Gasteiger charge is -2.17. The number of hydrogen-bond donors (Lipinski definition) is 2. The highest BCUT2D eigenvalue weighted by molar-refractivity contribution is 9.10. The maximum Gasteiger partial charge on any atom is 0.167 e. The average Bonchev–Trinajstić information content (AvgIpc) is 2.90. The topological polar surface area (TPSA) is 37.2 Å². The summed E-state index contributed by atoms with van der Waals surface area (Å²) in [5, 5.41) is 6.97. The molecule has 2 aromatic rings. The Labute approximate surface area is 126 Å². The maximum absolute atomic E-state index is 5.26. The molecular formula is C14H15BrN2OS. The van der Waals surface area contributed by atoms with Crippen LogP contribution in [0.3, 0.4) is 0 Å². The monoisotopic (exact) mass is 338 g/mol. The summed E-state index contributed by atoms with van der Waals surface area (Å²) < 4.78 is 6.30.